The van der Waals surface area contributed by atoms with E-state index in [1.165, 1.54) is 0 Å². The standard InChI is InChI=1S/C8H4ClF5N2O/c9-5-2-3(15-7(17)6(10)11)1-4(16-5)8(12,13)14/h1-2,6H,(H,15,16,17). The average molecular weight is 275 g/mol. The molecule has 0 aromatic carbocycles. The van der Waals surface area contributed by atoms with E-state index in [0.717, 1.165) is 6.07 Å². The first-order valence-corrected chi connectivity index (χ1v) is 4.42. The molecule has 94 valence electrons. The maximum atomic E-state index is 12.3. The number of nitrogens with zero attached hydrogens (tertiary/aromatic N) is 1. The molecule has 0 unspecified atom stereocenters. The van der Waals surface area contributed by atoms with Gasteiger partial charge >= 0.3 is 12.6 Å². The Morgan fingerprint density at radius 1 is 1.35 bits per heavy atom. The summed E-state index contributed by atoms with van der Waals surface area (Å²) < 4.78 is 60.5. The number of carbonyl (C=O) groups excluding carboxylic acids is 1. The maximum absolute atomic E-state index is 12.3. The fourth-order valence-corrected chi connectivity index (χ4v) is 1.12. The van der Waals surface area contributed by atoms with Gasteiger partial charge in [0, 0.05) is 5.69 Å². The Morgan fingerprint density at radius 2 is 1.94 bits per heavy atom. The van der Waals surface area contributed by atoms with E-state index in [0.29, 0.717) is 6.07 Å². The molecule has 0 radical (unpaired) electrons. The average Bonchev–Trinajstić information content (AvgIpc) is 2.15. The maximum Gasteiger partial charge on any atom is 0.433 e. The van der Waals surface area contributed by atoms with Crippen LogP contribution in [-0.2, 0) is 11.0 Å². The van der Waals surface area contributed by atoms with Crippen molar-refractivity contribution in [1.82, 2.24) is 4.98 Å². The Kier molecular flexibility index (Phi) is 3.87. The summed E-state index contributed by atoms with van der Waals surface area (Å²) in [7, 11) is 0. The number of alkyl halides is 5. The lowest BCUT2D eigenvalue weighted by Gasteiger charge is -2.09. The molecule has 0 spiro atoms. The van der Waals surface area contributed by atoms with Gasteiger partial charge in [0.2, 0.25) is 0 Å². The van der Waals surface area contributed by atoms with Gasteiger partial charge in [-0.05, 0) is 12.1 Å². The van der Waals surface area contributed by atoms with E-state index in [1.807, 2.05) is 0 Å². The van der Waals surface area contributed by atoms with Gasteiger partial charge in [0.1, 0.15) is 10.8 Å². The van der Waals surface area contributed by atoms with Crippen LogP contribution < -0.4 is 5.32 Å². The number of hydrogen-bond acceptors (Lipinski definition) is 2. The van der Waals surface area contributed by atoms with Crippen LogP contribution >= 0.6 is 11.6 Å². The summed E-state index contributed by atoms with van der Waals surface area (Å²) in [6, 6.07) is 1.24. The normalized spacial score (nSPS) is 11.7. The summed E-state index contributed by atoms with van der Waals surface area (Å²) in [6.45, 7) is 0. The number of halogens is 6. The summed E-state index contributed by atoms with van der Waals surface area (Å²) in [5.74, 6) is -1.72. The highest BCUT2D eigenvalue weighted by Gasteiger charge is 2.33. The second-order valence-corrected chi connectivity index (χ2v) is 3.24. The Labute approximate surface area is 96.6 Å². The quantitative estimate of drug-likeness (QED) is 0.665. The number of amides is 1. The number of anilines is 1. The highest BCUT2D eigenvalue weighted by Crippen LogP contribution is 2.30. The number of carbonyl (C=O) groups is 1. The van der Waals surface area contributed by atoms with Crippen molar-refractivity contribution in [2.45, 2.75) is 12.6 Å². The smallest absolute Gasteiger partial charge is 0.321 e. The lowest BCUT2D eigenvalue weighted by atomic mass is 10.3. The van der Waals surface area contributed by atoms with Gasteiger partial charge in [0.25, 0.3) is 5.91 Å². The van der Waals surface area contributed by atoms with E-state index in [9.17, 15) is 26.7 Å². The third-order valence-electron chi connectivity index (χ3n) is 1.55. The lowest BCUT2D eigenvalue weighted by Crippen LogP contribution is -2.20. The molecule has 0 aliphatic rings. The number of rotatable bonds is 2. The Morgan fingerprint density at radius 3 is 2.41 bits per heavy atom. The first-order chi connectivity index (χ1) is 7.70. The summed E-state index contributed by atoms with van der Waals surface area (Å²) >= 11 is 5.27. The van der Waals surface area contributed by atoms with Crippen LogP contribution in [0.1, 0.15) is 5.69 Å². The van der Waals surface area contributed by atoms with Gasteiger partial charge in [-0.1, -0.05) is 11.6 Å². The Balaban J connectivity index is 3.02. The summed E-state index contributed by atoms with van der Waals surface area (Å²) in [4.78, 5) is 13.5. The highest BCUT2D eigenvalue weighted by atomic mass is 35.5. The molecule has 0 aliphatic heterocycles. The van der Waals surface area contributed by atoms with Gasteiger partial charge in [-0.2, -0.15) is 22.0 Å². The van der Waals surface area contributed by atoms with Crippen molar-refractivity contribution >= 4 is 23.2 Å². The molecule has 0 atom stereocenters. The molecule has 1 heterocycles. The van der Waals surface area contributed by atoms with E-state index in [4.69, 9.17) is 11.6 Å². The topological polar surface area (TPSA) is 42.0 Å². The van der Waals surface area contributed by atoms with Crippen molar-refractivity contribution in [1.29, 1.82) is 0 Å². The number of nitrogens with one attached hydrogen (secondary N) is 1. The van der Waals surface area contributed by atoms with Gasteiger partial charge in [-0.25, -0.2) is 4.98 Å². The predicted molar refractivity (Wildman–Crippen MR) is 48.9 cm³/mol. The molecule has 3 nitrogen and oxygen atoms in total. The summed E-state index contributed by atoms with van der Waals surface area (Å²) in [5.41, 5.74) is -1.88. The molecular weight excluding hydrogens is 271 g/mol. The summed E-state index contributed by atoms with van der Waals surface area (Å²) in [6.07, 6.45) is -8.12. The fourth-order valence-electron chi connectivity index (χ4n) is 0.911. The second-order valence-electron chi connectivity index (χ2n) is 2.85. The van der Waals surface area contributed by atoms with Gasteiger partial charge in [-0.15, -0.1) is 0 Å². The minimum absolute atomic E-state index is 0.409. The van der Waals surface area contributed by atoms with Crippen molar-refractivity contribution in [2.75, 3.05) is 5.32 Å². The Bertz CT molecular complexity index is 434. The van der Waals surface area contributed by atoms with Crippen molar-refractivity contribution in [2.24, 2.45) is 0 Å². The van der Waals surface area contributed by atoms with E-state index in [2.05, 4.69) is 4.98 Å². The zero-order chi connectivity index (χ0) is 13.2. The molecular formula is C8H4ClF5N2O. The van der Waals surface area contributed by atoms with Crippen molar-refractivity contribution in [3.63, 3.8) is 0 Å². The van der Waals surface area contributed by atoms with Crippen LogP contribution in [0.15, 0.2) is 12.1 Å². The van der Waals surface area contributed by atoms with E-state index in [-0.39, 0.29) is 0 Å². The number of hydrogen-bond donors (Lipinski definition) is 1. The van der Waals surface area contributed by atoms with Crippen molar-refractivity contribution in [3.8, 4) is 0 Å². The van der Waals surface area contributed by atoms with Crippen LogP contribution in [0, 0.1) is 0 Å². The van der Waals surface area contributed by atoms with Crippen LogP contribution in [0.4, 0.5) is 27.6 Å². The van der Waals surface area contributed by atoms with E-state index < -0.39 is 35.0 Å². The molecule has 0 saturated heterocycles. The first kappa shape index (κ1) is 13.6. The molecule has 17 heavy (non-hydrogen) atoms. The SMILES string of the molecule is O=C(Nc1cc(Cl)nc(C(F)(F)F)c1)C(F)F. The van der Waals surface area contributed by atoms with Crippen molar-refractivity contribution in [3.05, 3.63) is 23.0 Å². The van der Waals surface area contributed by atoms with Gasteiger partial charge in [-0.3, -0.25) is 4.79 Å². The number of aromatic nitrogens is 1. The van der Waals surface area contributed by atoms with Gasteiger partial charge in [0.15, 0.2) is 0 Å². The minimum atomic E-state index is -4.78. The first-order valence-electron chi connectivity index (χ1n) is 4.04. The minimum Gasteiger partial charge on any atom is -0.321 e. The van der Waals surface area contributed by atoms with Crippen LogP contribution in [0.2, 0.25) is 5.15 Å². The lowest BCUT2D eigenvalue weighted by molar-refractivity contribution is -0.141. The third kappa shape index (κ3) is 3.81. The van der Waals surface area contributed by atoms with Crippen LogP contribution in [0.25, 0.3) is 0 Å². The van der Waals surface area contributed by atoms with Crippen LogP contribution in [0.3, 0.4) is 0 Å². The summed E-state index contributed by atoms with van der Waals surface area (Å²) in [5, 5.41) is 1.02. The molecule has 1 aromatic rings. The van der Waals surface area contributed by atoms with E-state index in [1.54, 1.807) is 5.32 Å². The van der Waals surface area contributed by atoms with Gasteiger partial charge in [0.05, 0.1) is 0 Å². The predicted octanol–water partition coefficient (Wildman–Crippen LogP) is 2.96. The van der Waals surface area contributed by atoms with Crippen LogP contribution in [-0.4, -0.2) is 17.3 Å². The van der Waals surface area contributed by atoms with E-state index >= 15 is 0 Å². The Hall–Kier alpha value is -1.44. The number of pyridine rings is 1. The zero-order valence-corrected chi connectivity index (χ0v) is 8.61. The van der Waals surface area contributed by atoms with Gasteiger partial charge < -0.3 is 5.32 Å². The molecule has 0 bridgehead atoms. The monoisotopic (exact) mass is 274 g/mol. The molecule has 0 aliphatic carbocycles. The largest absolute Gasteiger partial charge is 0.433 e. The highest BCUT2D eigenvalue weighted by molar-refractivity contribution is 6.29. The molecule has 1 rings (SSSR count). The van der Waals surface area contributed by atoms with Crippen LogP contribution in [0.5, 0.6) is 0 Å². The molecule has 1 amide bonds. The van der Waals surface area contributed by atoms with Crippen molar-refractivity contribution < 1.29 is 26.7 Å². The zero-order valence-electron chi connectivity index (χ0n) is 7.86. The molecule has 0 fully saturated rings. The molecule has 0 saturated carbocycles. The molecule has 1 aromatic heterocycles. The second kappa shape index (κ2) is 4.82. The molecule has 9 heteroatoms. The third-order valence-corrected chi connectivity index (χ3v) is 1.74. The fraction of sp³-hybridized carbons (Fsp3) is 0.250. The molecule has 1 N–H and O–H groups in total.